The Morgan fingerprint density at radius 1 is 1.19 bits per heavy atom. The number of amides is 4. The third-order valence-corrected chi connectivity index (χ3v) is 3.04. The van der Waals surface area contributed by atoms with Gasteiger partial charge in [0.25, 0.3) is 5.91 Å². The first-order valence-electron chi connectivity index (χ1n) is 8.00. The fourth-order valence-electron chi connectivity index (χ4n) is 1.94. The normalized spacial score (nSPS) is 11.9. The van der Waals surface area contributed by atoms with Crippen LogP contribution in [-0.2, 0) is 9.59 Å². The SMILES string of the molecule is COc1ccc(NC(C)C(=O)NC(=O)NC(C)(C)C)cc1OCC(N)=O. The number of nitrogens with two attached hydrogens (primary N) is 1. The van der Waals surface area contributed by atoms with Gasteiger partial charge in [0.1, 0.15) is 6.04 Å². The number of hydrogen-bond donors (Lipinski definition) is 4. The summed E-state index contributed by atoms with van der Waals surface area (Å²) in [4.78, 5) is 34.8. The van der Waals surface area contributed by atoms with Crippen LogP contribution in [0.1, 0.15) is 27.7 Å². The van der Waals surface area contributed by atoms with Crippen LogP contribution in [0.3, 0.4) is 0 Å². The summed E-state index contributed by atoms with van der Waals surface area (Å²) in [7, 11) is 1.46. The van der Waals surface area contributed by atoms with Gasteiger partial charge in [0.2, 0.25) is 5.91 Å². The van der Waals surface area contributed by atoms with Crippen molar-refractivity contribution in [3.05, 3.63) is 18.2 Å². The zero-order chi connectivity index (χ0) is 19.9. The Kier molecular flexibility index (Phi) is 7.24. The molecule has 1 rings (SSSR count). The van der Waals surface area contributed by atoms with Crippen molar-refractivity contribution in [1.29, 1.82) is 0 Å². The molecular weight excluding hydrogens is 340 g/mol. The maximum atomic E-state index is 12.1. The molecule has 1 aromatic rings. The number of benzene rings is 1. The van der Waals surface area contributed by atoms with Gasteiger partial charge in [-0.3, -0.25) is 14.9 Å². The van der Waals surface area contributed by atoms with E-state index in [1.54, 1.807) is 25.1 Å². The second-order valence-electron chi connectivity index (χ2n) is 6.68. The lowest BCUT2D eigenvalue weighted by atomic mass is 10.1. The summed E-state index contributed by atoms with van der Waals surface area (Å²) in [6.07, 6.45) is 0. The second-order valence-corrected chi connectivity index (χ2v) is 6.68. The minimum absolute atomic E-state index is 0.300. The van der Waals surface area contributed by atoms with Crippen molar-refractivity contribution in [3.63, 3.8) is 0 Å². The lowest BCUT2D eigenvalue weighted by molar-refractivity contribution is -0.121. The predicted octanol–water partition coefficient (Wildman–Crippen LogP) is 0.984. The Bertz CT molecular complexity index is 670. The molecule has 5 N–H and O–H groups in total. The van der Waals surface area contributed by atoms with E-state index in [4.69, 9.17) is 15.2 Å². The molecule has 1 unspecified atom stereocenters. The average molecular weight is 366 g/mol. The van der Waals surface area contributed by atoms with E-state index >= 15 is 0 Å². The monoisotopic (exact) mass is 366 g/mol. The Labute approximate surface area is 152 Å². The molecule has 0 radical (unpaired) electrons. The first-order chi connectivity index (χ1) is 12.0. The molecule has 1 atom stereocenters. The molecule has 1 aromatic carbocycles. The molecule has 4 amide bonds. The number of anilines is 1. The molecule has 9 nitrogen and oxygen atoms in total. The Hall–Kier alpha value is -2.97. The van der Waals surface area contributed by atoms with Gasteiger partial charge in [0.15, 0.2) is 18.1 Å². The van der Waals surface area contributed by atoms with Crippen LogP contribution in [0.2, 0.25) is 0 Å². The van der Waals surface area contributed by atoms with Crippen molar-refractivity contribution in [2.24, 2.45) is 5.73 Å². The highest BCUT2D eigenvalue weighted by atomic mass is 16.5. The van der Waals surface area contributed by atoms with Crippen LogP contribution < -0.4 is 31.2 Å². The Balaban J connectivity index is 2.74. The molecule has 0 fully saturated rings. The quantitative estimate of drug-likeness (QED) is 0.569. The van der Waals surface area contributed by atoms with Crippen LogP contribution in [0, 0.1) is 0 Å². The third kappa shape index (κ3) is 7.29. The maximum absolute atomic E-state index is 12.1. The highest BCUT2D eigenvalue weighted by molar-refractivity contribution is 5.98. The summed E-state index contributed by atoms with van der Waals surface area (Å²) in [5.41, 5.74) is 5.16. The van der Waals surface area contributed by atoms with Gasteiger partial charge in [-0.05, 0) is 39.8 Å². The molecule has 0 heterocycles. The van der Waals surface area contributed by atoms with Crippen LogP contribution in [0.15, 0.2) is 18.2 Å². The zero-order valence-electron chi connectivity index (χ0n) is 15.6. The number of ether oxygens (including phenoxy) is 2. The Morgan fingerprint density at radius 2 is 1.85 bits per heavy atom. The number of primary amides is 1. The molecule has 0 aliphatic carbocycles. The number of nitrogens with one attached hydrogen (secondary N) is 3. The number of carbonyl (C=O) groups excluding carboxylic acids is 3. The van der Waals surface area contributed by atoms with Gasteiger partial charge in [-0.1, -0.05) is 0 Å². The predicted molar refractivity (Wildman–Crippen MR) is 97.2 cm³/mol. The van der Waals surface area contributed by atoms with Gasteiger partial charge in [-0.25, -0.2) is 4.79 Å². The van der Waals surface area contributed by atoms with Crippen LogP contribution in [0.25, 0.3) is 0 Å². The largest absolute Gasteiger partial charge is 0.493 e. The summed E-state index contributed by atoms with van der Waals surface area (Å²) in [6, 6.07) is 3.60. The molecule has 0 spiro atoms. The first kappa shape index (κ1) is 21.1. The van der Waals surface area contributed by atoms with Crippen molar-refractivity contribution in [2.75, 3.05) is 19.0 Å². The minimum atomic E-state index is -0.696. The molecule has 0 aromatic heterocycles. The summed E-state index contributed by atoms with van der Waals surface area (Å²) in [5, 5.41) is 7.85. The van der Waals surface area contributed by atoms with Crippen LogP contribution >= 0.6 is 0 Å². The van der Waals surface area contributed by atoms with Crippen LogP contribution in [0.5, 0.6) is 11.5 Å². The highest BCUT2D eigenvalue weighted by Gasteiger charge is 2.19. The molecule has 0 aliphatic heterocycles. The van der Waals surface area contributed by atoms with E-state index in [1.165, 1.54) is 7.11 Å². The first-order valence-corrected chi connectivity index (χ1v) is 8.00. The smallest absolute Gasteiger partial charge is 0.321 e. The summed E-state index contributed by atoms with van der Waals surface area (Å²) >= 11 is 0. The van der Waals surface area contributed by atoms with E-state index < -0.39 is 29.4 Å². The molecule has 0 aliphatic rings. The van der Waals surface area contributed by atoms with Crippen molar-refractivity contribution < 1.29 is 23.9 Å². The molecule has 0 bridgehead atoms. The topological polar surface area (TPSA) is 132 Å². The van der Waals surface area contributed by atoms with Gasteiger partial charge in [0.05, 0.1) is 7.11 Å². The zero-order valence-corrected chi connectivity index (χ0v) is 15.6. The Morgan fingerprint density at radius 3 is 2.38 bits per heavy atom. The van der Waals surface area contributed by atoms with Gasteiger partial charge in [-0.15, -0.1) is 0 Å². The molecule has 9 heteroatoms. The fraction of sp³-hybridized carbons (Fsp3) is 0.471. The van der Waals surface area contributed by atoms with E-state index in [-0.39, 0.29) is 6.61 Å². The number of imide groups is 1. The number of hydrogen-bond acceptors (Lipinski definition) is 6. The molecule has 0 saturated heterocycles. The van der Waals surface area contributed by atoms with Crippen molar-refractivity contribution in [1.82, 2.24) is 10.6 Å². The second kappa shape index (κ2) is 8.93. The number of methoxy groups -OCH3 is 1. The van der Waals surface area contributed by atoms with E-state index in [0.29, 0.717) is 17.2 Å². The van der Waals surface area contributed by atoms with Gasteiger partial charge < -0.3 is 25.8 Å². The molecule has 26 heavy (non-hydrogen) atoms. The van der Waals surface area contributed by atoms with Crippen LogP contribution in [0.4, 0.5) is 10.5 Å². The number of urea groups is 1. The molecule has 0 saturated carbocycles. The van der Waals surface area contributed by atoms with Crippen molar-refractivity contribution in [3.8, 4) is 11.5 Å². The summed E-state index contributed by atoms with van der Waals surface area (Å²) in [6.45, 7) is 6.73. The average Bonchev–Trinajstić information content (AvgIpc) is 2.51. The molecular formula is C17H26N4O5. The number of rotatable bonds is 7. The van der Waals surface area contributed by atoms with E-state index in [0.717, 1.165) is 0 Å². The highest BCUT2D eigenvalue weighted by Crippen LogP contribution is 2.30. The van der Waals surface area contributed by atoms with E-state index in [9.17, 15) is 14.4 Å². The summed E-state index contributed by atoms with van der Waals surface area (Å²) in [5.74, 6) is -0.405. The van der Waals surface area contributed by atoms with E-state index in [1.807, 2.05) is 20.8 Å². The lowest BCUT2D eigenvalue weighted by Gasteiger charge is -2.21. The maximum Gasteiger partial charge on any atom is 0.321 e. The van der Waals surface area contributed by atoms with E-state index in [2.05, 4.69) is 16.0 Å². The van der Waals surface area contributed by atoms with Crippen LogP contribution in [-0.4, -0.2) is 43.1 Å². The van der Waals surface area contributed by atoms with Gasteiger partial charge >= 0.3 is 6.03 Å². The van der Waals surface area contributed by atoms with Crippen molar-refractivity contribution >= 4 is 23.5 Å². The van der Waals surface area contributed by atoms with Gasteiger partial charge in [-0.2, -0.15) is 0 Å². The third-order valence-electron chi connectivity index (χ3n) is 3.04. The standard InChI is InChI=1S/C17H26N4O5/c1-10(15(23)20-16(24)21-17(2,3)4)19-11-6-7-12(25-5)13(8-11)26-9-14(18)22/h6-8,10,19H,9H2,1-5H3,(H2,18,22)(H2,20,21,23,24). The summed E-state index contributed by atoms with van der Waals surface area (Å²) < 4.78 is 10.4. The lowest BCUT2D eigenvalue weighted by Crippen LogP contribution is -2.51. The van der Waals surface area contributed by atoms with Crippen molar-refractivity contribution in [2.45, 2.75) is 39.3 Å². The minimum Gasteiger partial charge on any atom is -0.493 e. The fourth-order valence-corrected chi connectivity index (χ4v) is 1.94. The van der Waals surface area contributed by atoms with Gasteiger partial charge in [0, 0.05) is 17.3 Å². The molecule has 144 valence electrons. The number of carbonyl (C=O) groups is 3.